The van der Waals surface area contributed by atoms with Crippen molar-refractivity contribution in [3.8, 4) is 17.6 Å². The summed E-state index contributed by atoms with van der Waals surface area (Å²) in [6.45, 7) is 0. The van der Waals surface area contributed by atoms with E-state index >= 15 is 0 Å². The van der Waals surface area contributed by atoms with Crippen LogP contribution in [0.1, 0.15) is 30.1 Å². The molecule has 1 aromatic heterocycles. The van der Waals surface area contributed by atoms with Crippen LogP contribution in [0.4, 0.5) is 4.39 Å². The normalized spacial score (nSPS) is 15.2. The van der Waals surface area contributed by atoms with Crippen molar-refractivity contribution in [2.45, 2.75) is 18.9 Å². The van der Waals surface area contributed by atoms with E-state index in [2.05, 4.69) is 4.98 Å². The molecule has 0 unspecified atom stereocenters. The molecule has 1 aliphatic rings. The summed E-state index contributed by atoms with van der Waals surface area (Å²) >= 11 is 6.03. The number of ether oxygens (including phenoxy) is 1. The Morgan fingerprint density at radius 3 is 2.73 bits per heavy atom. The summed E-state index contributed by atoms with van der Waals surface area (Å²) < 4.78 is 20.1. The van der Waals surface area contributed by atoms with Gasteiger partial charge in [-0.25, -0.2) is 9.37 Å². The number of hydrogen-bond donors (Lipinski definition) is 1. The zero-order valence-electron chi connectivity index (χ0n) is 11.6. The van der Waals surface area contributed by atoms with Gasteiger partial charge in [-0.3, -0.25) is 0 Å². The second kappa shape index (κ2) is 5.91. The molecule has 1 aliphatic carbocycles. The predicted molar refractivity (Wildman–Crippen MR) is 80.1 cm³/mol. The van der Waals surface area contributed by atoms with Crippen LogP contribution in [-0.4, -0.2) is 4.98 Å². The molecule has 4 nitrogen and oxygen atoms in total. The molecule has 1 saturated carbocycles. The summed E-state index contributed by atoms with van der Waals surface area (Å²) in [7, 11) is 0. The highest BCUT2D eigenvalue weighted by atomic mass is 35.5. The number of hydrogen-bond acceptors (Lipinski definition) is 4. The Bertz CT molecular complexity index is 738. The molecule has 2 N–H and O–H groups in total. The van der Waals surface area contributed by atoms with Crippen LogP contribution < -0.4 is 10.5 Å². The molecule has 0 radical (unpaired) electrons. The standard InChI is InChI=1S/C16H13ClFN3O/c17-13-6-5-12(15(20)9-1-2-9)14(18)16(13)22-11-4-3-10(7-19)21-8-11/h3-6,8-9,15H,1-2,20H2/t15-/m1/s1. The molecule has 0 aliphatic heterocycles. The highest BCUT2D eigenvalue weighted by Crippen LogP contribution is 2.43. The maximum absolute atomic E-state index is 14.6. The van der Waals surface area contributed by atoms with E-state index in [9.17, 15) is 4.39 Å². The highest BCUT2D eigenvalue weighted by Gasteiger charge is 2.32. The van der Waals surface area contributed by atoms with Crippen molar-refractivity contribution in [1.82, 2.24) is 4.98 Å². The third kappa shape index (κ3) is 2.89. The van der Waals surface area contributed by atoms with Gasteiger partial charge in [-0.05, 0) is 37.0 Å². The second-order valence-electron chi connectivity index (χ2n) is 5.24. The maximum Gasteiger partial charge on any atom is 0.182 e. The lowest BCUT2D eigenvalue weighted by molar-refractivity contribution is 0.431. The van der Waals surface area contributed by atoms with E-state index in [1.54, 1.807) is 12.1 Å². The molecule has 1 heterocycles. The van der Waals surface area contributed by atoms with E-state index in [0.717, 1.165) is 12.8 Å². The number of nitriles is 1. The third-order valence-corrected chi connectivity index (χ3v) is 3.94. The van der Waals surface area contributed by atoms with Crippen LogP contribution in [-0.2, 0) is 0 Å². The molecule has 112 valence electrons. The lowest BCUT2D eigenvalue weighted by Gasteiger charge is -2.15. The molecule has 0 saturated heterocycles. The molecular weight excluding hydrogens is 305 g/mol. The van der Waals surface area contributed by atoms with E-state index < -0.39 is 5.82 Å². The van der Waals surface area contributed by atoms with Crippen molar-refractivity contribution < 1.29 is 9.13 Å². The molecular formula is C16H13ClFN3O. The molecule has 2 aromatic rings. The summed E-state index contributed by atoms with van der Waals surface area (Å²) in [5.41, 5.74) is 6.72. The van der Waals surface area contributed by atoms with Crippen LogP contribution >= 0.6 is 11.6 Å². The monoisotopic (exact) mass is 317 g/mol. The Morgan fingerprint density at radius 2 is 2.14 bits per heavy atom. The van der Waals surface area contributed by atoms with Gasteiger partial charge in [0.2, 0.25) is 0 Å². The Labute approximate surface area is 132 Å². The van der Waals surface area contributed by atoms with Crippen molar-refractivity contribution in [2.75, 3.05) is 0 Å². The maximum atomic E-state index is 14.6. The molecule has 1 aromatic carbocycles. The first-order valence-electron chi connectivity index (χ1n) is 6.87. The fourth-order valence-corrected chi connectivity index (χ4v) is 2.42. The van der Waals surface area contributed by atoms with Crippen LogP contribution in [0, 0.1) is 23.1 Å². The van der Waals surface area contributed by atoms with Gasteiger partial charge in [0, 0.05) is 11.6 Å². The minimum atomic E-state index is -0.545. The quantitative estimate of drug-likeness (QED) is 0.926. The molecule has 6 heteroatoms. The SMILES string of the molecule is N#Cc1ccc(Oc2c(Cl)ccc([C@H](N)C3CC3)c2F)cn1. The van der Waals surface area contributed by atoms with Gasteiger partial charge < -0.3 is 10.5 Å². The van der Waals surface area contributed by atoms with Crippen LogP contribution in [0.5, 0.6) is 11.5 Å². The van der Waals surface area contributed by atoms with Gasteiger partial charge in [0.1, 0.15) is 17.5 Å². The highest BCUT2D eigenvalue weighted by molar-refractivity contribution is 6.32. The molecule has 1 fully saturated rings. The van der Waals surface area contributed by atoms with E-state index in [0.29, 0.717) is 17.2 Å². The second-order valence-corrected chi connectivity index (χ2v) is 5.64. The lowest BCUT2D eigenvalue weighted by Crippen LogP contribution is -2.14. The number of benzene rings is 1. The molecule has 3 rings (SSSR count). The van der Waals surface area contributed by atoms with Crippen LogP contribution in [0.25, 0.3) is 0 Å². The summed E-state index contributed by atoms with van der Waals surface area (Å²) in [4.78, 5) is 3.87. The topological polar surface area (TPSA) is 71.9 Å². The molecule has 22 heavy (non-hydrogen) atoms. The number of halogens is 2. The third-order valence-electron chi connectivity index (χ3n) is 3.64. The summed E-state index contributed by atoms with van der Waals surface area (Å²) in [5.74, 6) is 0.00933. The summed E-state index contributed by atoms with van der Waals surface area (Å²) in [5, 5.41) is 8.87. The predicted octanol–water partition coefficient (Wildman–Crippen LogP) is 3.95. The first-order valence-corrected chi connectivity index (χ1v) is 7.25. The van der Waals surface area contributed by atoms with Crippen molar-refractivity contribution in [1.29, 1.82) is 5.26 Å². The summed E-state index contributed by atoms with van der Waals surface area (Å²) in [6, 6.07) is 7.76. The Balaban J connectivity index is 1.91. The molecule has 0 amide bonds. The Morgan fingerprint density at radius 1 is 1.36 bits per heavy atom. The van der Waals surface area contributed by atoms with Crippen molar-refractivity contribution in [2.24, 2.45) is 11.7 Å². The Hall–Kier alpha value is -2.16. The summed E-state index contributed by atoms with van der Waals surface area (Å²) in [6.07, 6.45) is 3.37. The van der Waals surface area contributed by atoms with Crippen molar-refractivity contribution in [3.05, 3.63) is 52.6 Å². The van der Waals surface area contributed by atoms with Gasteiger partial charge >= 0.3 is 0 Å². The van der Waals surface area contributed by atoms with E-state index in [1.807, 2.05) is 6.07 Å². The zero-order chi connectivity index (χ0) is 15.7. The molecule has 0 spiro atoms. The fourth-order valence-electron chi connectivity index (χ4n) is 2.23. The number of nitrogens with two attached hydrogens (primary N) is 1. The minimum absolute atomic E-state index is 0.0678. The van der Waals surface area contributed by atoms with Gasteiger partial charge in [-0.15, -0.1) is 0 Å². The van der Waals surface area contributed by atoms with E-state index in [4.69, 9.17) is 27.3 Å². The van der Waals surface area contributed by atoms with Gasteiger partial charge in [-0.1, -0.05) is 17.7 Å². The van der Waals surface area contributed by atoms with Crippen LogP contribution in [0.3, 0.4) is 0 Å². The fraction of sp³-hybridized carbons (Fsp3) is 0.250. The van der Waals surface area contributed by atoms with Gasteiger partial charge in [0.15, 0.2) is 11.6 Å². The first kappa shape index (κ1) is 14.8. The van der Waals surface area contributed by atoms with Gasteiger partial charge in [-0.2, -0.15) is 5.26 Å². The lowest BCUT2D eigenvalue weighted by atomic mass is 10.0. The van der Waals surface area contributed by atoms with E-state index in [-0.39, 0.29) is 22.5 Å². The largest absolute Gasteiger partial charge is 0.451 e. The van der Waals surface area contributed by atoms with Crippen LogP contribution in [0.15, 0.2) is 30.5 Å². The van der Waals surface area contributed by atoms with Gasteiger partial charge in [0.25, 0.3) is 0 Å². The average Bonchev–Trinajstić information content (AvgIpc) is 3.36. The first-order chi connectivity index (χ1) is 10.6. The number of nitrogens with zero attached hydrogens (tertiary/aromatic N) is 2. The van der Waals surface area contributed by atoms with Crippen molar-refractivity contribution in [3.63, 3.8) is 0 Å². The number of rotatable bonds is 4. The zero-order valence-corrected chi connectivity index (χ0v) is 12.3. The minimum Gasteiger partial charge on any atom is -0.451 e. The van der Waals surface area contributed by atoms with Crippen molar-refractivity contribution >= 4 is 11.6 Å². The Kier molecular flexibility index (Phi) is 3.97. The van der Waals surface area contributed by atoms with Gasteiger partial charge in [0.05, 0.1) is 11.2 Å². The van der Waals surface area contributed by atoms with Crippen LogP contribution in [0.2, 0.25) is 5.02 Å². The number of aromatic nitrogens is 1. The average molecular weight is 318 g/mol. The smallest absolute Gasteiger partial charge is 0.182 e. The van der Waals surface area contributed by atoms with E-state index in [1.165, 1.54) is 18.3 Å². The molecule has 1 atom stereocenters. The molecule has 0 bridgehead atoms. The number of pyridine rings is 1.